The highest BCUT2D eigenvalue weighted by atomic mass is 19.1. The molecule has 1 unspecified atom stereocenters. The molecule has 0 aromatic heterocycles. The summed E-state index contributed by atoms with van der Waals surface area (Å²) in [6, 6.07) is 11.0. The maximum absolute atomic E-state index is 13.0. The van der Waals surface area contributed by atoms with Gasteiger partial charge in [0.1, 0.15) is 11.6 Å². The molecule has 0 radical (unpaired) electrons. The highest BCUT2D eigenvalue weighted by Crippen LogP contribution is 2.22. The molecule has 1 N–H and O–H groups in total. The summed E-state index contributed by atoms with van der Waals surface area (Å²) in [6.07, 6.45) is -0.663. The number of amides is 1. The van der Waals surface area contributed by atoms with Crippen molar-refractivity contribution in [1.82, 2.24) is 5.32 Å². The van der Waals surface area contributed by atoms with Gasteiger partial charge in [-0.3, -0.25) is 4.79 Å². The number of halogens is 1. The lowest BCUT2D eigenvalue weighted by Gasteiger charge is -2.19. The fourth-order valence-corrected chi connectivity index (χ4v) is 2.90. The first-order valence-electron chi connectivity index (χ1n) is 9.85. The van der Waals surface area contributed by atoms with Crippen LogP contribution in [-0.4, -0.2) is 37.8 Å². The number of nitrogens with one attached hydrogen (secondary N) is 1. The van der Waals surface area contributed by atoms with Crippen molar-refractivity contribution in [2.24, 2.45) is 0 Å². The van der Waals surface area contributed by atoms with E-state index in [0.717, 1.165) is 11.1 Å². The zero-order valence-electron chi connectivity index (χ0n) is 17.7. The summed E-state index contributed by atoms with van der Waals surface area (Å²) in [7, 11) is 1.48. The summed E-state index contributed by atoms with van der Waals surface area (Å²) in [5.74, 6) is -0.702. The fraction of sp³-hybridized carbons (Fsp3) is 0.391. The Balaban J connectivity index is 2.16. The number of esters is 1. The molecule has 0 saturated carbocycles. The van der Waals surface area contributed by atoms with Gasteiger partial charge in [0.15, 0.2) is 6.10 Å². The van der Waals surface area contributed by atoms with E-state index in [9.17, 15) is 14.0 Å². The lowest BCUT2D eigenvalue weighted by molar-refractivity contribution is -0.159. The molecule has 0 spiro atoms. The second-order valence-corrected chi connectivity index (χ2v) is 6.97. The molecule has 2 aromatic rings. The van der Waals surface area contributed by atoms with Crippen molar-refractivity contribution in [2.45, 2.75) is 45.9 Å². The summed E-state index contributed by atoms with van der Waals surface area (Å²) >= 11 is 0. The highest BCUT2D eigenvalue weighted by molar-refractivity contribution is 5.97. The molecule has 0 saturated heterocycles. The predicted molar refractivity (Wildman–Crippen MR) is 111 cm³/mol. The quantitative estimate of drug-likeness (QED) is 0.597. The number of hydrogen-bond acceptors (Lipinski definition) is 5. The van der Waals surface area contributed by atoms with Gasteiger partial charge in [0.25, 0.3) is 5.91 Å². The van der Waals surface area contributed by atoms with Gasteiger partial charge >= 0.3 is 5.97 Å². The number of ether oxygens (including phenoxy) is 3. The average Bonchev–Trinajstić information content (AvgIpc) is 2.72. The van der Waals surface area contributed by atoms with Gasteiger partial charge in [0.2, 0.25) is 0 Å². The molecule has 0 aliphatic heterocycles. The molecular formula is C23H28FNO5. The minimum absolute atomic E-state index is 0.156. The molecule has 2 aromatic carbocycles. The van der Waals surface area contributed by atoms with Crippen LogP contribution in [0.3, 0.4) is 0 Å². The summed E-state index contributed by atoms with van der Waals surface area (Å²) in [5.41, 5.74) is 1.85. The van der Waals surface area contributed by atoms with Crippen LogP contribution in [0.25, 0.3) is 0 Å². The highest BCUT2D eigenvalue weighted by Gasteiger charge is 2.23. The first kappa shape index (κ1) is 23.3. The van der Waals surface area contributed by atoms with E-state index in [1.165, 1.54) is 19.2 Å². The van der Waals surface area contributed by atoms with Crippen molar-refractivity contribution in [1.29, 1.82) is 0 Å². The van der Waals surface area contributed by atoms with Gasteiger partial charge in [-0.15, -0.1) is 0 Å². The van der Waals surface area contributed by atoms with Crippen LogP contribution in [0, 0.1) is 5.82 Å². The van der Waals surface area contributed by atoms with Crippen LogP contribution in [0.1, 0.15) is 42.3 Å². The van der Waals surface area contributed by atoms with Gasteiger partial charge in [-0.1, -0.05) is 18.2 Å². The Labute approximate surface area is 176 Å². The predicted octanol–water partition coefficient (Wildman–Crippen LogP) is 3.66. The van der Waals surface area contributed by atoms with Crippen LogP contribution in [0.15, 0.2) is 42.5 Å². The molecule has 1 atom stereocenters. The Hall–Kier alpha value is -2.93. The van der Waals surface area contributed by atoms with Crippen molar-refractivity contribution >= 4 is 11.9 Å². The Morgan fingerprint density at radius 3 is 2.33 bits per heavy atom. The third-order valence-electron chi connectivity index (χ3n) is 4.28. The molecule has 2 rings (SSSR count). The molecule has 0 aliphatic rings. The van der Waals surface area contributed by atoms with Crippen LogP contribution in [0.5, 0.6) is 5.75 Å². The molecule has 0 bridgehead atoms. The zero-order valence-corrected chi connectivity index (χ0v) is 17.7. The largest absolute Gasteiger partial charge is 0.496 e. The topological polar surface area (TPSA) is 73.9 Å². The van der Waals surface area contributed by atoms with E-state index in [1.54, 1.807) is 37.3 Å². The molecule has 6 nitrogen and oxygen atoms in total. The van der Waals surface area contributed by atoms with Gasteiger partial charge in [0, 0.05) is 13.0 Å². The first-order valence-corrected chi connectivity index (χ1v) is 9.85. The average molecular weight is 417 g/mol. The summed E-state index contributed by atoms with van der Waals surface area (Å²) < 4.78 is 29.2. The van der Waals surface area contributed by atoms with Crippen molar-refractivity contribution in [3.05, 3.63) is 65.0 Å². The minimum atomic E-state index is -0.770. The number of rotatable bonds is 10. The van der Waals surface area contributed by atoms with Crippen LogP contribution < -0.4 is 10.1 Å². The number of carbonyl (C=O) groups is 2. The van der Waals surface area contributed by atoms with E-state index >= 15 is 0 Å². The lowest BCUT2D eigenvalue weighted by atomic mass is 10.0. The van der Waals surface area contributed by atoms with Gasteiger partial charge in [0.05, 0.1) is 25.4 Å². The molecule has 7 heteroatoms. The summed E-state index contributed by atoms with van der Waals surface area (Å²) in [4.78, 5) is 25.0. The van der Waals surface area contributed by atoms with Crippen LogP contribution in [0.2, 0.25) is 0 Å². The van der Waals surface area contributed by atoms with E-state index in [2.05, 4.69) is 5.32 Å². The SMILES string of the molecule is CCOC(=O)C(Cc1ccc(OC)c(C(=O)NCc2ccc(F)cc2)c1)OC(C)C. The van der Waals surface area contributed by atoms with Crippen molar-refractivity contribution < 1.29 is 28.2 Å². The molecule has 0 heterocycles. The molecule has 0 aliphatic carbocycles. The molecule has 0 fully saturated rings. The second-order valence-electron chi connectivity index (χ2n) is 6.97. The van der Waals surface area contributed by atoms with Crippen LogP contribution in [0.4, 0.5) is 4.39 Å². The van der Waals surface area contributed by atoms with Gasteiger partial charge in [-0.2, -0.15) is 0 Å². The fourth-order valence-electron chi connectivity index (χ4n) is 2.90. The number of hydrogen-bond donors (Lipinski definition) is 1. The monoisotopic (exact) mass is 417 g/mol. The summed E-state index contributed by atoms with van der Waals surface area (Å²) in [5, 5.41) is 2.80. The Kier molecular flexibility index (Phi) is 8.80. The number of carbonyl (C=O) groups excluding carboxylic acids is 2. The maximum Gasteiger partial charge on any atom is 0.335 e. The van der Waals surface area contributed by atoms with E-state index in [0.29, 0.717) is 11.3 Å². The Morgan fingerprint density at radius 2 is 1.73 bits per heavy atom. The zero-order chi connectivity index (χ0) is 22.1. The van der Waals surface area contributed by atoms with Gasteiger partial charge in [-0.25, -0.2) is 9.18 Å². The molecular weight excluding hydrogens is 389 g/mol. The Bertz CT molecular complexity index is 851. The third kappa shape index (κ3) is 6.84. The number of methoxy groups -OCH3 is 1. The lowest BCUT2D eigenvalue weighted by Crippen LogP contribution is -2.31. The van der Waals surface area contributed by atoms with E-state index in [4.69, 9.17) is 14.2 Å². The van der Waals surface area contributed by atoms with Crippen LogP contribution in [-0.2, 0) is 27.2 Å². The van der Waals surface area contributed by atoms with Crippen LogP contribution >= 0.6 is 0 Å². The maximum atomic E-state index is 13.0. The van der Waals surface area contributed by atoms with E-state index < -0.39 is 12.1 Å². The second kappa shape index (κ2) is 11.3. The van der Waals surface area contributed by atoms with Gasteiger partial charge in [-0.05, 0) is 56.2 Å². The summed E-state index contributed by atoms with van der Waals surface area (Å²) in [6.45, 7) is 5.93. The Morgan fingerprint density at radius 1 is 1.07 bits per heavy atom. The third-order valence-corrected chi connectivity index (χ3v) is 4.28. The normalized spacial score (nSPS) is 11.8. The molecule has 1 amide bonds. The smallest absolute Gasteiger partial charge is 0.335 e. The van der Waals surface area contributed by atoms with Crippen molar-refractivity contribution in [3.8, 4) is 5.75 Å². The van der Waals surface area contributed by atoms with E-state index in [-0.39, 0.29) is 37.4 Å². The first-order chi connectivity index (χ1) is 14.3. The molecule has 30 heavy (non-hydrogen) atoms. The van der Waals surface area contributed by atoms with Gasteiger partial charge < -0.3 is 19.5 Å². The molecule has 162 valence electrons. The van der Waals surface area contributed by atoms with E-state index in [1.807, 2.05) is 13.8 Å². The van der Waals surface area contributed by atoms with Crippen molar-refractivity contribution in [3.63, 3.8) is 0 Å². The standard InChI is InChI=1S/C23H28FNO5/c1-5-29-23(27)21(30-15(2)3)13-17-8-11-20(28-4)19(12-17)22(26)25-14-16-6-9-18(24)10-7-16/h6-12,15,21H,5,13-14H2,1-4H3,(H,25,26). The minimum Gasteiger partial charge on any atom is -0.496 e. The number of benzene rings is 2. The van der Waals surface area contributed by atoms with Crippen molar-refractivity contribution in [2.75, 3.05) is 13.7 Å².